The van der Waals surface area contributed by atoms with Gasteiger partial charge in [-0.05, 0) is 6.42 Å². The average molecular weight is 141 g/mol. The van der Waals surface area contributed by atoms with Gasteiger partial charge in [-0.2, -0.15) is 0 Å². The summed E-state index contributed by atoms with van der Waals surface area (Å²) in [5, 5.41) is 0. The number of rotatable bonds is 7. The molecule has 1 radical (unpaired) electrons. The Morgan fingerprint density at radius 3 is 2.40 bits per heavy atom. The quantitative estimate of drug-likeness (QED) is 0.391. The predicted molar refractivity (Wildman–Crippen MR) is 44.6 cm³/mol. The molecule has 0 aliphatic carbocycles. The molecule has 0 fully saturated rings. The molecule has 0 heterocycles. The number of unbranched alkanes of at least 4 members (excludes halogenated alkanes) is 4. The first kappa shape index (κ1) is 9.54. The van der Waals surface area contributed by atoms with Gasteiger partial charge in [0.05, 0.1) is 12.9 Å². The molecule has 0 aromatic rings. The van der Waals surface area contributed by atoms with Gasteiger partial charge in [0.2, 0.25) is 0 Å². The number of hydrogen-bond acceptors (Lipinski definition) is 1. The van der Waals surface area contributed by atoms with Gasteiger partial charge in [-0.1, -0.05) is 39.2 Å². The van der Waals surface area contributed by atoms with Crippen molar-refractivity contribution in [1.82, 2.24) is 0 Å². The highest BCUT2D eigenvalue weighted by Crippen LogP contribution is 2.01. The van der Waals surface area contributed by atoms with E-state index in [1.807, 2.05) is 0 Å². The summed E-state index contributed by atoms with van der Waals surface area (Å²) in [5.41, 5.74) is 0. The van der Waals surface area contributed by atoms with Crippen molar-refractivity contribution in [2.24, 2.45) is 0 Å². The second kappa shape index (κ2) is 8.54. The van der Waals surface area contributed by atoms with E-state index in [-0.39, 0.29) is 0 Å². The SMILES string of the molecule is [CH2]CCCCCCOC=C. The highest BCUT2D eigenvalue weighted by molar-refractivity contribution is 4.50. The van der Waals surface area contributed by atoms with Crippen molar-refractivity contribution in [3.8, 4) is 0 Å². The number of hydrogen-bond donors (Lipinski definition) is 0. The lowest BCUT2D eigenvalue weighted by Gasteiger charge is -1.98. The van der Waals surface area contributed by atoms with Crippen LogP contribution < -0.4 is 0 Å². The molecular weight excluding hydrogens is 124 g/mol. The molecule has 10 heavy (non-hydrogen) atoms. The van der Waals surface area contributed by atoms with Crippen LogP contribution in [-0.2, 0) is 4.74 Å². The Hall–Kier alpha value is -0.460. The summed E-state index contributed by atoms with van der Waals surface area (Å²) in [6.45, 7) is 8.05. The van der Waals surface area contributed by atoms with E-state index in [2.05, 4.69) is 13.5 Å². The Kier molecular flexibility index (Phi) is 8.15. The molecule has 1 nitrogen and oxygen atoms in total. The van der Waals surface area contributed by atoms with Gasteiger partial charge in [0.1, 0.15) is 0 Å². The zero-order valence-electron chi connectivity index (χ0n) is 6.64. The van der Waals surface area contributed by atoms with Crippen LogP contribution in [0.1, 0.15) is 32.1 Å². The smallest absolute Gasteiger partial charge is 0.0873 e. The summed E-state index contributed by atoms with van der Waals surface area (Å²) in [7, 11) is 0. The minimum absolute atomic E-state index is 0.820. The van der Waals surface area contributed by atoms with Crippen molar-refractivity contribution < 1.29 is 4.74 Å². The average Bonchev–Trinajstić information content (AvgIpc) is 1.97. The largest absolute Gasteiger partial charge is 0.502 e. The number of ether oxygens (including phenoxy) is 1. The van der Waals surface area contributed by atoms with Crippen LogP contribution in [0.5, 0.6) is 0 Å². The molecule has 0 bridgehead atoms. The van der Waals surface area contributed by atoms with Gasteiger partial charge in [-0.3, -0.25) is 0 Å². The first-order chi connectivity index (χ1) is 4.91. The topological polar surface area (TPSA) is 9.23 Å². The lowest BCUT2D eigenvalue weighted by Crippen LogP contribution is -1.86. The molecule has 0 spiro atoms. The van der Waals surface area contributed by atoms with Crippen LogP contribution in [-0.4, -0.2) is 6.61 Å². The predicted octanol–water partition coefficient (Wildman–Crippen LogP) is 2.93. The molecule has 0 N–H and O–H groups in total. The van der Waals surface area contributed by atoms with Crippen LogP contribution in [0.4, 0.5) is 0 Å². The molecule has 0 aromatic heterocycles. The van der Waals surface area contributed by atoms with Crippen molar-refractivity contribution in [2.45, 2.75) is 32.1 Å². The summed E-state index contributed by atoms with van der Waals surface area (Å²) >= 11 is 0. The van der Waals surface area contributed by atoms with E-state index in [0.29, 0.717) is 0 Å². The molecule has 0 aliphatic heterocycles. The maximum atomic E-state index is 4.96. The second-order valence-corrected chi connectivity index (χ2v) is 2.31. The summed E-state index contributed by atoms with van der Waals surface area (Å²) in [4.78, 5) is 0. The van der Waals surface area contributed by atoms with E-state index in [0.717, 1.165) is 19.4 Å². The molecule has 0 atom stereocenters. The highest BCUT2D eigenvalue weighted by Gasteiger charge is 1.86. The first-order valence-corrected chi connectivity index (χ1v) is 3.93. The van der Waals surface area contributed by atoms with Gasteiger partial charge in [0.25, 0.3) is 0 Å². The van der Waals surface area contributed by atoms with Crippen molar-refractivity contribution in [3.63, 3.8) is 0 Å². The fourth-order valence-corrected chi connectivity index (χ4v) is 0.799. The summed E-state index contributed by atoms with van der Waals surface area (Å²) in [5.74, 6) is 0. The van der Waals surface area contributed by atoms with Crippen molar-refractivity contribution in [3.05, 3.63) is 19.8 Å². The minimum atomic E-state index is 0.820. The van der Waals surface area contributed by atoms with Gasteiger partial charge in [0.15, 0.2) is 0 Å². The summed E-state index contributed by atoms with van der Waals surface area (Å²) < 4.78 is 4.96. The minimum Gasteiger partial charge on any atom is -0.502 e. The van der Waals surface area contributed by atoms with Crippen LogP contribution in [0.3, 0.4) is 0 Å². The lowest BCUT2D eigenvalue weighted by atomic mass is 10.2. The maximum Gasteiger partial charge on any atom is 0.0873 e. The molecule has 0 unspecified atom stereocenters. The Labute approximate surface area is 64.1 Å². The Morgan fingerprint density at radius 1 is 1.10 bits per heavy atom. The fraction of sp³-hybridized carbons (Fsp3) is 0.667. The second-order valence-electron chi connectivity index (χ2n) is 2.31. The fourth-order valence-electron chi connectivity index (χ4n) is 0.799. The van der Waals surface area contributed by atoms with Crippen LogP contribution in [0.15, 0.2) is 12.8 Å². The molecule has 0 aromatic carbocycles. The van der Waals surface area contributed by atoms with Gasteiger partial charge >= 0.3 is 0 Å². The van der Waals surface area contributed by atoms with Gasteiger partial charge < -0.3 is 4.74 Å². The van der Waals surface area contributed by atoms with E-state index in [1.54, 1.807) is 0 Å². The van der Waals surface area contributed by atoms with Crippen molar-refractivity contribution in [1.29, 1.82) is 0 Å². The van der Waals surface area contributed by atoms with E-state index in [1.165, 1.54) is 25.5 Å². The molecule has 0 saturated heterocycles. The van der Waals surface area contributed by atoms with Gasteiger partial charge in [-0.25, -0.2) is 0 Å². The van der Waals surface area contributed by atoms with Crippen LogP contribution in [0, 0.1) is 6.92 Å². The third-order valence-electron chi connectivity index (χ3n) is 1.38. The zero-order chi connectivity index (χ0) is 7.66. The molecule has 0 saturated carbocycles. The van der Waals surface area contributed by atoms with Crippen LogP contribution in [0.25, 0.3) is 0 Å². The first-order valence-electron chi connectivity index (χ1n) is 3.93. The van der Waals surface area contributed by atoms with E-state index < -0.39 is 0 Å². The lowest BCUT2D eigenvalue weighted by molar-refractivity contribution is 0.242. The van der Waals surface area contributed by atoms with Crippen molar-refractivity contribution >= 4 is 0 Å². The normalized spacial score (nSPS) is 9.30. The zero-order valence-corrected chi connectivity index (χ0v) is 6.64. The van der Waals surface area contributed by atoms with Crippen LogP contribution >= 0.6 is 0 Å². The Morgan fingerprint density at radius 2 is 1.80 bits per heavy atom. The monoisotopic (exact) mass is 141 g/mol. The van der Waals surface area contributed by atoms with Crippen molar-refractivity contribution in [2.75, 3.05) is 6.61 Å². The summed E-state index contributed by atoms with van der Waals surface area (Å²) in [6.07, 6.45) is 7.48. The van der Waals surface area contributed by atoms with E-state index >= 15 is 0 Å². The third-order valence-corrected chi connectivity index (χ3v) is 1.38. The standard InChI is InChI=1S/C9H17O/c1-3-5-6-7-8-9-10-4-2/h4H,1-3,5-9H2. The van der Waals surface area contributed by atoms with E-state index in [9.17, 15) is 0 Å². The van der Waals surface area contributed by atoms with E-state index in [4.69, 9.17) is 4.74 Å². The molecule has 0 amide bonds. The highest BCUT2D eigenvalue weighted by atomic mass is 16.5. The molecular formula is C9H17O. The Balaban J connectivity index is 2.70. The molecule has 59 valence electrons. The maximum absolute atomic E-state index is 4.96. The molecule has 0 rings (SSSR count). The molecule has 0 aliphatic rings. The Bertz CT molecular complexity index is 69.1. The molecule has 1 heteroatoms. The third kappa shape index (κ3) is 7.54. The summed E-state index contributed by atoms with van der Waals surface area (Å²) in [6, 6.07) is 0. The van der Waals surface area contributed by atoms with Gasteiger partial charge in [0, 0.05) is 0 Å². The van der Waals surface area contributed by atoms with Crippen LogP contribution in [0.2, 0.25) is 0 Å². The van der Waals surface area contributed by atoms with Gasteiger partial charge in [-0.15, -0.1) is 0 Å².